The number of amides is 1. The van der Waals surface area contributed by atoms with E-state index in [9.17, 15) is 9.90 Å². The number of nitrogens with two attached hydrogens (primary N) is 1. The minimum Gasteiger partial charge on any atom is -0.465 e. The highest BCUT2D eigenvalue weighted by molar-refractivity contribution is 5.96. The predicted octanol–water partition coefficient (Wildman–Crippen LogP) is 3.61. The first kappa shape index (κ1) is 21.0. The molecule has 1 amide bonds. The van der Waals surface area contributed by atoms with E-state index in [1.54, 1.807) is 12.1 Å². The zero-order valence-electron chi connectivity index (χ0n) is 17.2. The Morgan fingerprint density at radius 1 is 1.24 bits per heavy atom. The van der Waals surface area contributed by atoms with E-state index in [0.717, 1.165) is 18.7 Å². The summed E-state index contributed by atoms with van der Waals surface area (Å²) in [6.45, 7) is 2.46. The minimum atomic E-state index is -1.01. The van der Waals surface area contributed by atoms with Crippen LogP contribution < -0.4 is 20.7 Å². The monoisotopic (exact) mass is 397 g/mol. The van der Waals surface area contributed by atoms with Gasteiger partial charge in [0.05, 0.1) is 5.56 Å². The smallest absolute Gasteiger partial charge is 0.252 e. The zero-order valence-corrected chi connectivity index (χ0v) is 17.2. The number of rotatable bonds is 8. The quantitative estimate of drug-likeness (QED) is 0.592. The molecule has 1 saturated carbocycles. The van der Waals surface area contributed by atoms with Gasteiger partial charge in [-0.15, -0.1) is 0 Å². The molecule has 0 radical (unpaired) electrons. The second-order valence-corrected chi connectivity index (χ2v) is 7.80. The number of ether oxygens (including phenoxy) is 1. The third-order valence-corrected chi connectivity index (χ3v) is 5.51. The Kier molecular flexibility index (Phi) is 6.99. The lowest BCUT2D eigenvalue weighted by atomic mass is 9.84. The van der Waals surface area contributed by atoms with Crippen molar-refractivity contribution in [2.45, 2.75) is 44.9 Å². The number of anilines is 2. The summed E-state index contributed by atoms with van der Waals surface area (Å²) in [7, 11) is 2.13. The first-order valence-corrected chi connectivity index (χ1v) is 10.3. The van der Waals surface area contributed by atoms with E-state index in [1.165, 1.54) is 31.9 Å². The van der Waals surface area contributed by atoms with Crippen LogP contribution in [0.15, 0.2) is 48.5 Å². The fourth-order valence-corrected chi connectivity index (χ4v) is 4.07. The largest absolute Gasteiger partial charge is 0.465 e. The average molecular weight is 398 g/mol. The van der Waals surface area contributed by atoms with E-state index >= 15 is 0 Å². The van der Waals surface area contributed by atoms with Crippen molar-refractivity contribution in [3.8, 4) is 5.75 Å². The molecule has 0 bridgehead atoms. The van der Waals surface area contributed by atoms with Gasteiger partial charge in [-0.3, -0.25) is 4.79 Å². The molecule has 0 aromatic heterocycles. The van der Waals surface area contributed by atoms with Crippen LogP contribution in [-0.2, 0) is 0 Å². The number of primary amides is 1. The first-order chi connectivity index (χ1) is 13.9. The van der Waals surface area contributed by atoms with Crippen molar-refractivity contribution in [3.63, 3.8) is 0 Å². The number of nitrogens with zero attached hydrogens (tertiary/aromatic N) is 1. The normalized spacial score (nSPS) is 20.0. The molecule has 0 saturated heterocycles. The molecule has 1 fully saturated rings. The van der Waals surface area contributed by atoms with Gasteiger partial charge in [-0.05, 0) is 56.0 Å². The van der Waals surface area contributed by atoms with Crippen LogP contribution in [0.4, 0.5) is 11.4 Å². The van der Waals surface area contributed by atoms with Crippen LogP contribution in [-0.4, -0.2) is 36.9 Å². The molecule has 0 aliphatic heterocycles. The van der Waals surface area contributed by atoms with Crippen molar-refractivity contribution in [3.05, 3.63) is 54.1 Å². The standard InChI is InChI=1S/C23H31N3O3/c1-16(27)29-22-13-12-18(14-20(22)23(24)28)25-21-11-7-6-8-17(21)15-26(2)19-9-4-3-5-10-19/h3-5,9-10,12-14,16-17,21,25,27H,6-8,11,15H2,1-2H3,(H2,24,28). The molecular formula is C23H31N3O3. The van der Waals surface area contributed by atoms with Gasteiger partial charge in [-0.25, -0.2) is 0 Å². The van der Waals surface area contributed by atoms with E-state index in [1.807, 2.05) is 12.1 Å². The molecule has 156 valence electrons. The van der Waals surface area contributed by atoms with E-state index in [0.29, 0.717) is 17.7 Å². The maximum absolute atomic E-state index is 11.8. The van der Waals surface area contributed by atoms with Gasteiger partial charge >= 0.3 is 0 Å². The molecule has 4 N–H and O–H groups in total. The molecule has 1 aliphatic rings. The Morgan fingerprint density at radius 2 is 1.97 bits per heavy atom. The summed E-state index contributed by atoms with van der Waals surface area (Å²) in [6.07, 6.45) is 3.67. The molecule has 2 aromatic carbocycles. The van der Waals surface area contributed by atoms with Gasteiger partial charge in [0.1, 0.15) is 5.75 Å². The third-order valence-electron chi connectivity index (χ3n) is 5.51. The lowest BCUT2D eigenvalue weighted by Gasteiger charge is -2.36. The Bertz CT molecular complexity index is 810. The van der Waals surface area contributed by atoms with E-state index in [2.05, 4.69) is 41.5 Å². The summed E-state index contributed by atoms with van der Waals surface area (Å²) < 4.78 is 5.29. The van der Waals surface area contributed by atoms with Gasteiger partial charge < -0.3 is 25.8 Å². The lowest BCUT2D eigenvalue weighted by Crippen LogP contribution is -2.39. The number of carbonyl (C=O) groups is 1. The maximum Gasteiger partial charge on any atom is 0.252 e. The van der Waals surface area contributed by atoms with Crippen molar-refractivity contribution in [2.24, 2.45) is 11.7 Å². The van der Waals surface area contributed by atoms with Gasteiger partial charge in [0.2, 0.25) is 0 Å². The summed E-state index contributed by atoms with van der Waals surface area (Å²) in [6, 6.07) is 16.0. The van der Waals surface area contributed by atoms with Crippen molar-refractivity contribution >= 4 is 17.3 Å². The highest BCUT2D eigenvalue weighted by atomic mass is 16.6. The Labute approximate surface area is 172 Å². The fraction of sp³-hybridized carbons (Fsp3) is 0.435. The molecule has 29 heavy (non-hydrogen) atoms. The third kappa shape index (κ3) is 5.64. The first-order valence-electron chi connectivity index (χ1n) is 10.3. The van der Waals surface area contributed by atoms with Crippen molar-refractivity contribution in [1.82, 2.24) is 0 Å². The summed E-state index contributed by atoms with van der Waals surface area (Å²) in [5.41, 5.74) is 7.84. The van der Waals surface area contributed by atoms with Gasteiger partial charge in [-0.2, -0.15) is 0 Å². The van der Waals surface area contributed by atoms with Crippen LogP contribution in [0, 0.1) is 5.92 Å². The maximum atomic E-state index is 11.8. The fourth-order valence-electron chi connectivity index (χ4n) is 4.07. The Balaban J connectivity index is 1.73. The molecular weight excluding hydrogens is 366 g/mol. The van der Waals surface area contributed by atoms with Crippen molar-refractivity contribution in [1.29, 1.82) is 0 Å². The SMILES string of the molecule is CC(O)Oc1ccc(NC2CCCCC2CN(C)c2ccccc2)cc1C(N)=O. The van der Waals surface area contributed by atoms with Crippen LogP contribution in [0.2, 0.25) is 0 Å². The van der Waals surface area contributed by atoms with Gasteiger partial charge in [-0.1, -0.05) is 31.0 Å². The number of para-hydroxylation sites is 1. The Hall–Kier alpha value is -2.73. The molecule has 0 heterocycles. The highest BCUT2D eigenvalue weighted by Crippen LogP contribution is 2.31. The summed E-state index contributed by atoms with van der Waals surface area (Å²) >= 11 is 0. The lowest BCUT2D eigenvalue weighted by molar-refractivity contribution is -0.000745. The predicted molar refractivity (Wildman–Crippen MR) is 116 cm³/mol. The molecule has 2 aromatic rings. The van der Waals surface area contributed by atoms with Gasteiger partial charge in [0, 0.05) is 31.0 Å². The number of nitrogens with one attached hydrogen (secondary N) is 1. The number of aliphatic hydroxyl groups is 1. The van der Waals surface area contributed by atoms with Crippen LogP contribution in [0.5, 0.6) is 5.75 Å². The molecule has 3 rings (SSSR count). The van der Waals surface area contributed by atoms with Crippen LogP contribution in [0.25, 0.3) is 0 Å². The number of benzene rings is 2. The topological polar surface area (TPSA) is 87.8 Å². The highest BCUT2D eigenvalue weighted by Gasteiger charge is 2.26. The second kappa shape index (κ2) is 9.65. The van der Waals surface area contributed by atoms with E-state index < -0.39 is 12.2 Å². The molecule has 0 spiro atoms. The summed E-state index contributed by atoms with van der Waals surface area (Å²) in [5, 5.41) is 13.1. The van der Waals surface area contributed by atoms with Crippen LogP contribution in [0.1, 0.15) is 43.0 Å². The number of aliphatic hydroxyl groups excluding tert-OH is 1. The molecule has 3 atom stereocenters. The van der Waals surface area contributed by atoms with E-state index in [-0.39, 0.29) is 5.56 Å². The van der Waals surface area contributed by atoms with Gasteiger partial charge in [0.25, 0.3) is 5.91 Å². The average Bonchev–Trinajstić information content (AvgIpc) is 2.70. The number of hydrogen-bond donors (Lipinski definition) is 3. The van der Waals surface area contributed by atoms with Crippen LogP contribution in [0.3, 0.4) is 0 Å². The minimum absolute atomic E-state index is 0.268. The van der Waals surface area contributed by atoms with Gasteiger partial charge in [0.15, 0.2) is 6.29 Å². The molecule has 1 aliphatic carbocycles. The zero-order chi connectivity index (χ0) is 20.8. The number of carbonyl (C=O) groups excluding carboxylic acids is 1. The van der Waals surface area contributed by atoms with Crippen molar-refractivity contribution < 1.29 is 14.6 Å². The molecule has 6 heteroatoms. The summed E-state index contributed by atoms with van der Waals surface area (Å²) in [4.78, 5) is 14.1. The number of hydrogen-bond acceptors (Lipinski definition) is 5. The summed E-state index contributed by atoms with van der Waals surface area (Å²) in [5.74, 6) is 0.217. The Morgan fingerprint density at radius 3 is 2.66 bits per heavy atom. The van der Waals surface area contributed by atoms with Crippen molar-refractivity contribution in [2.75, 3.05) is 23.8 Å². The molecule has 6 nitrogen and oxygen atoms in total. The van der Waals surface area contributed by atoms with Crippen LogP contribution >= 0.6 is 0 Å². The second-order valence-electron chi connectivity index (χ2n) is 7.80. The van der Waals surface area contributed by atoms with E-state index in [4.69, 9.17) is 10.5 Å². The molecule has 3 unspecified atom stereocenters.